The van der Waals surface area contributed by atoms with Gasteiger partial charge in [0.1, 0.15) is 23.0 Å². The molecule has 13 nitrogen and oxygen atoms in total. The molecule has 0 saturated heterocycles. The lowest BCUT2D eigenvalue weighted by Crippen LogP contribution is -2.09. The molecule has 0 atom stereocenters. The Balaban J connectivity index is 1.63. The third-order valence-corrected chi connectivity index (χ3v) is 6.93. The van der Waals surface area contributed by atoms with Crippen LogP contribution in [0.3, 0.4) is 0 Å². The molecule has 1 N–H and O–H groups in total. The van der Waals surface area contributed by atoms with Crippen molar-refractivity contribution < 1.29 is 5.11 Å². The summed E-state index contributed by atoms with van der Waals surface area (Å²) in [5.41, 5.74) is 1.92. The summed E-state index contributed by atoms with van der Waals surface area (Å²) in [6.07, 6.45) is 0. The summed E-state index contributed by atoms with van der Waals surface area (Å²) in [6.45, 7) is 3.53. The number of benzene rings is 2. The molecule has 0 spiro atoms. The maximum atomic E-state index is 11.2. The summed E-state index contributed by atoms with van der Waals surface area (Å²) >= 11 is 3.44. The lowest BCUT2D eigenvalue weighted by atomic mass is 10.1. The lowest BCUT2D eigenvalue weighted by Gasteiger charge is -2.18. The predicted molar refractivity (Wildman–Crippen MR) is 144 cm³/mol. The Kier molecular flexibility index (Phi) is 6.93. The van der Waals surface area contributed by atoms with Gasteiger partial charge in [0.25, 0.3) is 0 Å². The molecule has 5 rings (SSSR count). The summed E-state index contributed by atoms with van der Waals surface area (Å²) in [6, 6.07) is 9.19. The largest absolute Gasteiger partial charge is 0.504 e. The van der Waals surface area contributed by atoms with Crippen molar-refractivity contribution in [2.24, 2.45) is 30.7 Å². The van der Waals surface area contributed by atoms with Gasteiger partial charge >= 0.3 is 0 Å². The van der Waals surface area contributed by atoms with E-state index in [0.29, 0.717) is 38.3 Å². The fourth-order valence-electron chi connectivity index (χ4n) is 3.20. The number of aryl methyl sites for hydroxylation is 2. The van der Waals surface area contributed by atoms with E-state index in [0.717, 1.165) is 34.0 Å². The van der Waals surface area contributed by atoms with Crippen molar-refractivity contribution >= 4 is 83.5 Å². The number of anilines is 1. The molecule has 0 amide bonds. The average molecular weight is 551 g/mol. The molecule has 0 aliphatic heterocycles. The molecule has 37 heavy (non-hydrogen) atoms. The van der Waals surface area contributed by atoms with Crippen LogP contribution in [0.5, 0.6) is 5.75 Å². The first-order chi connectivity index (χ1) is 17.9. The minimum atomic E-state index is -0.225. The number of aromatic nitrogens is 5. The van der Waals surface area contributed by atoms with Gasteiger partial charge in [-0.2, -0.15) is 13.1 Å². The molecule has 3 heterocycles. The molecule has 0 aliphatic rings. The standard InChI is InChI=1S/C21H18N12OS3/c1-10-22-20(36-30-10)28-24-14-9-15(25-27-19-12-7-5-6-8-13(12)32-35-19)18(34)16(17(14)33(3)4)26-29-21-23-11(2)31-37-21/h5-9,34H,1-4H3/b27-25+,28-24+,29-26+. The number of fused-ring (bicyclic) bond motifs is 1. The smallest absolute Gasteiger partial charge is 0.249 e. The normalized spacial score (nSPS) is 12.1. The zero-order valence-electron chi connectivity index (χ0n) is 19.9. The third-order valence-electron chi connectivity index (χ3n) is 4.78. The second-order valence-corrected chi connectivity index (χ2v) is 9.92. The van der Waals surface area contributed by atoms with E-state index in [1.54, 1.807) is 38.9 Å². The Morgan fingerprint density at radius 3 is 2.05 bits per heavy atom. The van der Waals surface area contributed by atoms with Crippen LogP contribution in [0.4, 0.5) is 38.0 Å². The van der Waals surface area contributed by atoms with Crippen LogP contribution >= 0.6 is 34.6 Å². The molecule has 3 aromatic heterocycles. The van der Waals surface area contributed by atoms with Gasteiger partial charge in [0, 0.05) is 42.5 Å². The zero-order valence-corrected chi connectivity index (χ0v) is 22.4. The molecule has 5 aromatic rings. The Morgan fingerprint density at radius 2 is 1.41 bits per heavy atom. The minimum absolute atomic E-state index is 0.130. The molecule has 0 fully saturated rings. The number of azo groups is 3. The summed E-state index contributed by atoms with van der Waals surface area (Å²) in [4.78, 5) is 10.2. The number of hydrogen-bond donors (Lipinski definition) is 1. The van der Waals surface area contributed by atoms with Crippen molar-refractivity contribution in [2.75, 3.05) is 19.0 Å². The van der Waals surface area contributed by atoms with Crippen molar-refractivity contribution in [3.8, 4) is 5.75 Å². The van der Waals surface area contributed by atoms with E-state index in [9.17, 15) is 5.11 Å². The molecular weight excluding hydrogens is 533 g/mol. The van der Waals surface area contributed by atoms with Crippen LogP contribution in [-0.2, 0) is 0 Å². The number of rotatable bonds is 7. The van der Waals surface area contributed by atoms with E-state index in [2.05, 4.69) is 53.8 Å². The van der Waals surface area contributed by atoms with Crippen LogP contribution in [0.1, 0.15) is 11.6 Å². The SMILES string of the molecule is Cc1nsc(/N=N/c2cc(/N=N/c3snc4ccccc34)c(O)c(/N=N/c3nc(C)ns3)c2N(C)C)n1. The summed E-state index contributed by atoms with van der Waals surface area (Å²) < 4.78 is 12.6. The Morgan fingerprint density at radius 1 is 0.757 bits per heavy atom. The summed E-state index contributed by atoms with van der Waals surface area (Å²) in [5, 5.41) is 39.1. The molecule has 0 aliphatic carbocycles. The highest BCUT2D eigenvalue weighted by molar-refractivity contribution is 7.11. The van der Waals surface area contributed by atoms with Gasteiger partial charge < -0.3 is 10.0 Å². The number of phenolic OH excluding ortho intramolecular Hbond substituents is 1. The van der Waals surface area contributed by atoms with Gasteiger partial charge in [0.15, 0.2) is 16.4 Å². The molecule has 186 valence electrons. The van der Waals surface area contributed by atoms with Crippen molar-refractivity contribution in [3.63, 3.8) is 0 Å². The van der Waals surface area contributed by atoms with Crippen LogP contribution in [0.25, 0.3) is 10.9 Å². The highest BCUT2D eigenvalue weighted by atomic mass is 32.1. The van der Waals surface area contributed by atoms with E-state index in [1.165, 1.54) is 11.5 Å². The second-order valence-electron chi connectivity index (χ2n) is 7.71. The first-order valence-electron chi connectivity index (χ1n) is 10.7. The van der Waals surface area contributed by atoms with E-state index in [1.807, 2.05) is 24.3 Å². The maximum absolute atomic E-state index is 11.2. The zero-order chi connectivity index (χ0) is 25.9. The number of aromatic hydroxyl groups is 1. The minimum Gasteiger partial charge on any atom is -0.504 e. The lowest BCUT2D eigenvalue weighted by molar-refractivity contribution is 0.477. The van der Waals surface area contributed by atoms with Crippen molar-refractivity contribution in [3.05, 3.63) is 42.0 Å². The van der Waals surface area contributed by atoms with Crippen molar-refractivity contribution in [1.29, 1.82) is 0 Å². The van der Waals surface area contributed by atoms with E-state index >= 15 is 0 Å². The van der Waals surface area contributed by atoms with Gasteiger partial charge in [-0.3, -0.25) is 0 Å². The monoisotopic (exact) mass is 550 g/mol. The van der Waals surface area contributed by atoms with Gasteiger partial charge in [-0.25, -0.2) is 9.97 Å². The van der Waals surface area contributed by atoms with Crippen LogP contribution in [-0.4, -0.2) is 42.3 Å². The Labute approximate surface area is 222 Å². The number of hydrogen-bond acceptors (Lipinski definition) is 16. The molecule has 0 unspecified atom stereocenters. The highest BCUT2D eigenvalue weighted by Crippen LogP contribution is 2.50. The topological polar surface area (TPSA) is 162 Å². The Bertz CT molecular complexity index is 1670. The molecule has 2 aromatic carbocycles. The van der Waals surface area contributed by atoms with Crippen LogP contribution in [0.15, 0.2) is 61.0 Å². The molecule has 16 heteroatoms. The predicted octanol–water partition coefficient (Wildman–Crippen LogP) is 7.63. The fourth-order valence-corrected chi connectivity index (χ4v) is 4.90. The molecule has 0 radical (unpaired) electrons. The summed E-state index contributed by atoms with van der Waals surface area (Å²) in [7, 11) is 3.59. The summed E-state index contributed by atoms with van der Waals surface area (Å²) in [5.74, 6) is 0.958. The van der Waals surface area contributed by atoms with Crippen LogP contribution in [0.2, 0.25) is 0 Å². The number of phenols is 1. The highest BCUT2D eigenvalue weighted by Gasteiger charge is 2.21. The molecule has 0 bridgehead atoms. The average Bonchev–Trinajstić information content (AvgIpc) is 3.61. The second kappa shape index (κ2) is 10.5. The maximum Gasteiger partial charge on any atom is 0.249 e. The van der Waals surface area contributed by atoms with Gasteiger partial charge in [0.2, 0.25) is 10.3 Å². The Hall–Kier alpha value is -4.15. The number of nitrogens with zero attached hydrogens (tertiary/aromatic N) is 12. The first-order valence-corrected chi connectivity index (χ1v) is 13.0. The van der Waals surface area contributed by atoms with Gasteiger partial charge in [-0.15, -0.1) is 30.7 Å². The van der Waals surface area contributed by atoms with Crippen LogP contribution < -0.4 is 4.90 Å². The van der Waals surface area contributed by atoms with Gasteiger partial charge in [-0.05, 0) is 43.6 Å². The van der Waals surface area contributed by atoms with Crippen molar-refractivity contribution in [2.45, 2.75) is 13.8 Å². The fraction of sp³-hybridized carbons (Fsp3) is 0.190. The molecule has 0 saturated carbocycles. The van der Waals surface area contributed by atoms with Gasteiger partial charge in [0.05, 0.1) is 11.2 Å². The quantitative estimate of drug-likeness (QED) is 0.203. The third kappa shape index (κ3) is 5.35. The van der Waals surface area contributed by atoms with E-state index in [-0.39, 0.29) is 17.1 Å². The van der Waals surface area contributed by atoms with Crippen molar-refractivity contribution in [1.82, 2.24) is 23.1 Å². The molecular formula is C21H18N12OS3. The van der Waals surface area contributed by atoms with Crippen LogP contribution in [0, 0.1) is 13.8 Å². The van der Waals surface area contributed by atoms with E-state index in [4.69, 9.17) is 0 Å². The van der Waals surface area contributed by atoms with E-state index < -0.39 is 0 Å². The van der Waals surface area contributed by atoms with Gasteiger partial charge in [-0.1, -0.05) is 12.1 Å². The first kappa shape index (κ1) is 24.5.